The summed E-state index contributed by atoms with van der Waals surface area (Å²) in [5, 5.41) is 0. The zero-order chi connectivity index (χ0) is 19.3. The van der Waals surface area contributed by atoms with Crippen LogP contribution in [0.15, 0.2) is 85.7 Å². The summed E-state index contributed by atoms with van der Waals surface area (Å²) >= 11 is 0. The van der Waals surface area contributed by atoms with Crippen molar-refractivity contribution >= 4 is 5.97 Å². The second-order valence-electron chi connectivity index (χ2n) is 5.97. The highest BCUT2D eigenvalue weighted by atomic mass is 19.1. The molecule has 0 spiro atoms. The molecule has 28 heavy (non-hydrogen) atoms. The lowest BCUT2D eigenvalue weighted by atomic mass is 10.1. The van der Waals surface area contributed by atoms with Crippen molar-refractivity contribution < 1.29 is 13.9 Å². The maximum absolute atomic E-state index is 13.7. The Hall–Kier alpha value is -3.87. The van der Waals surface area contributed by atoms with Gasteiger partial charge in [-0.3, -0.25) is 9.55 Å². The molecule has 3 heterocycles. The van der Waals surface area contributed by atoms with Gasteiger partial charge in [0.1, 0.15) is 18.0 Å². The molecule has 0 aliphatic rings. The number of carbonyl (C=O) groups is 1. The third kappa shape index (κ3) is 3.78. The number of benzene rings is 1. The molecule has 0 fully saturated rings. The van der Waals surface area contributed by atoms with Crippen molar-refractivity contribution in [3.8, 4) is 5.82 Å². The van der Waals surface area contributed by atoms with Crippen LogP contribution in [0.5, 0.6) is 0 Å². The van der Waals surface area contributed by atoms with Crippen molar-refractivity contribution in [1.82, 2.24) is 19.5 Å². The molecule has 1 atom stereocenters. The second-order valence-corrected chi connectivity index (χ2v) is 5.97. The van der Waals surface area contributed by atoms with E-state index < -0.39 is 17.9 Å². The number of esters is 1. The number of hydrogen-bond donors (Lipinski definition) is 0. The summed E-state index contributed by atoms with van der Waals surface area (Å²) in [7, 11) is 0. The number of pyridine rings is 2. The van der Waals surface area contributed by atoms with Crippen LogP contribution in [0, 0.1) is 5.82 Å². The molecule has 0 aliphatic carbocycles. The Labute approximate surface area is 160 Å². The smallest absolute Gasteiger partial charge is 0.340 e. The van der Waals surface area contributed by atoms with Crippen LogP contribution in [0.4, 0.5) is 4.39 Å². The van der Waals surface area contributed by atoms with Crippen LogP contribution in [0.25, 0.3) is 5.82 Å². The number of rotatable bonds is 5. The van der Waals surface area contributed by atoms with Gasteiger partial charge in [-0.1, -0.05) is 18.2 Å². The molecule has 4 aromatic rings. The summed E-state index contributed by atoms with van der Waals surface area (Å²) in [6.45, 7) is 0. The number of ether oxygens (including phenoxy) is 1. The molecule has 4 rings (SSSR count). The number of imidazole rings is 1. The van der Waals surface area contributed by atoms with Crippen LogP contribution >= 0.6 is 0 Å². The van der Waals surface area contributed by atoms with E-state index in [1.165, 1.54) is 18.3 Å². The number of carbonyl (C=O) groups excluding carboxylic acids is 1. The van der Waals surface area contributed by atoms with Gasteiger partial charge < -0.3 is 4.74 Å². The number of nitrogens with zero attached hydrogens (tertiary/aromatic N) is 4. The van der Waals surface area contributed by atoms with Gasteiger partial charge in [-0.2, -0.15) is 0 Å². The van der Waals surface area contributed by atoms with Crippen LogP contribution < -0.4 is 0 Å². The standard InChI is InChI=1S/C21H15FN4O2/c22-17-5-3-4-15(12-17)20(18-6-1-2-9-24-18)28-21(27)16-7-8-19(25-13-16)26-11-10-23-14-26/h1-14,20H. The van der Waals surface area contributed by atoms with Gasteiger partial charge in [0.25, 0.3) is 0 Å². The fraction of sp³-hybridized carbons (Fsp3) is 0.0476. The van der Waals surface area contributed by atoms with Crippen LogP contribution in [-0.2, 0) is 4.74 Å². The van der Waals surface area contributed by atoms with E-state index in [-0.39, 0.29) is 5.56 Å². The first-order valence-electron chi connectivity index (χ1n) is 8.52. The highest BCUT2D eigenvalue weighted by molar-refractivity contribution is 5.89. The predicted octanol–water partition coefficient (Wildman–Crippen LogP) is 3.75. The van der Waals surface area contributed by atoms with E-state index in [2.05, 4.69) is 15.0 Å². The molecular formula is C21H15FN4O2. The minimum Gasteiger partial charge on any atom is -0.447 e. The molecule has 6 nitrogen and oxygen atoms in total. The summed E-state index contributed by atoms with van der Waals surface area (Å²) in [6.07, 6.45) is 7.19. The topological polar surface area (TPSA) is 69.9 Å². The van der Waals surface area contributed by atoms with Crippen LogP contribution in [0.2, 0.25) is 0 Å². The lowest BCUT2D eigenvalue weighted by molar-refractivity contribution is 0.0369. The van der Waals surface area contributed by atoms with Gasteiger partial charge >= 0.3 is 5.97 Å². The maximum Gasteiger partial charge on any atom is 0.340 e. The Bertz CT molecular complexity index is 1070. The molecular weight excluding hydrogens is 359 g/mol. The first kappa shape index (κ1) is 17.5. The molecule has 1 aromatic carbocycles. The Morgan fingerprint density at radius 2 is 1.96 bits per heavy atom. The Morgan fingerprint density at radius 1 is 1.04 bits per heavy atom. The molecule has 0 radical (unpaired) electrons. The summed E-state index contributed by atoms with van der Waals surface area (Å²) < 4.78 is 21.1. The molecule has 3 aromatic heterocycles. The fourth-order valence-electron chi connectivity index (χ4n) is 2.73. The lowest BCUT2D eigenvalue weighted by Gasteiger charge is -2.18. The summed E-state index contributed by atoms with van der Waals surface area (Å²) in [5.74, 6) is -0.370. The van der Waals surface area contributed by atoms with E-state index in [0.717, 1.165) is 0 Å². The number of hydrogen-bond acceptors (Lipinski definition) is 5. The van der Waals surface area contributed by atoms with E-state index in [1.54, 1.807) is 71.9 Å². The fourth-order valence-corrected chi connectivity index (χ4v) is 2.73. The maximum atomic E-state index is 13.7. The Morgan fingerprint density at radius 3 is 2.64 bits per heavy atom. The molecule has 0 saturated heterocycles. The SMILES string of the molecule is O=C(OC(c1cccc(F)c1)c1ccccn1)c1ccc(-n2ccnc2)nc1. The van der Waals surface area contributed by atoms with E-state index in [4.69, 9.17) is 4.74 Å². The summed E-state index contributed by atoms with van der Waals surface area (Å²) in [5.41, 5.74) is 1.28. The molecule has 1 unspecified atom stereocenters. The van der Waals surface area contributed by atoms with Gasteiger partial charge in [-0.05, 0) is 36.4 Å². The van der Waals surface area contributed by atoms with Gasteiger partial charge in [0.2, 0.25) is 0 Å². The molecule has 138 valence electrons. The van der Waals surface area contributed by atoms with E-state index in [0.29, 0.717) is 17.1 Å². The van der Waals surface area contributed by atoms with Crippen molar-refractivity contribution in [3.63, 3.8) is 0 Å². The van der Waals surface area contributed by atoms with Gasteiger partial charge in [-0.15, -0.1) is 0 Å². The predicted molar refractivity (Wildman–Crippen MR) is 99.3 cm³/mol. The third-order valence-electron chi connectivity index (χ3n) is 4.09. The summed E-state index contributed by atoms with van der Waals surface area (Å²) in [6, 6.07) is 14.5. The van der Waals surface area contributed by atoms with Crippen LogP contribution in [0.3, 0.4) is 0 Å². The monoisotopic (exact) mass is 374 g/mol. The van der Waals surface area contributed by atoms with Crippen LogP contribution in [0.1, 0.15) is 27.7 Å². The Kier molecular flexibility index (Phi) is 4.88. The molecule has 0 aliphatic heterocycles. The van der Waals surface area contributed by atoms with Gasteiger partial charge in [0, 0.05) is 30.4 Å². The first-order chi connectivity index (χ1) is 13.7. The number of halogens is 1. The normalized spacial score (nSPS) is 11.8. The molecule has 0 N–H and O–H groups in total. The van der Waals surface area contributed by atoms with Crippen molar-refractivity contribution in [2.24, 2.45) is 0 Å². The zero-order valence-corrected chi connectivity index (χ0v) is 14.6. The first-order valence-corrected chi connectivity index (χ1v) is 8.52. The van der Waals surface area contributed by atoms with E-state index >= 15 is 0 Å². The van der Waals surface area contributed by atoms with Crippen molar-refractivity contribution in [2.45, 2.75) is 6.10 Å². The minimum absolute atomic E-state index is 0.279. The molecule has 7 heteroatoms. The molecule has 0 bridgehead atoms. The second kappa shape index (κ2) is 7.79. The van der Waals surface area contributed by atoms with Crippen LogP contribution in [-0.4, -0.2) is 25.5 Å². The number of aromatic nitrogens is 4. The average Bonchev–Trinajstić information content (AvgIpc) is 3.27. The molecule has 0 saturated carbocycles. The molecule has 0 amide bonds. The van der Waals surface area contributed by atoms with Gasteiger partial charge in [0.05, 0.1) is 11.3 Å². The lowest BCUT2D eigenvalue weighted by Crippen LogP contribution is -2.14. The summed E-state index contributed by atoms with van der Waals surface area (Å²) in [4.78, 5) is 25.2. The van der Waals surface area contributed by atoms with E-state index in [9.17, 15) is 9.18 Å². The van der Waals surface area contributed by atoms with Crippen molar-refractivity contribution in [2.75, 3.05) is 0 Å². The third-order valence-corrected chi connectivity index (χ3v) is 4.09. The zero-order valence-electron chi connectivity index (χ0n) is 14.6. The average molecular weight is 374 g/mol. The van der Waals surface area contributed by atoms with Gasteiger partial charge in [0.15, 0.2) is 6.10 Å². The van der Waals surface area contributed by atoms with Gasteiger partial charge in [-0.25, -0.2) is 19.2 Å². The minimum atomic E-state index is -0.835. The highest BCUT2D eigenvalue weighted by Gasteiger charge is 2.22. The highest BCUT2D eigenvalue weighted by Crippen LogP contribution is 2.26. The van der Waals surface area contributed by atoms with E-state index in [1.807, 2.05) is 0 Å². The largest absolute Gasteiger partial charge is 0.447 e. The quantitative estimate of drug-likeness (QED) is 0.498. The van der Waals surface area contributed by atoms with Crippen molar-refractivity contribution in [3.05, 3.63) is 108 Å². The Balaban J connectivity index is 1.60. The van der Waals surface area contributed by atoms with Crippen molar-refractivity contribution in [1.29, 1.82) is 0 Å².